The standard InChI is InChI=1S/C23H27N5O4/c29-17-19-14-24-23(25-15-19)28-12-10-27(11-13-28)16-20(26-21(30)8-9-22(31)32)7-6-18-4-2-1-3-5-18/h1-7,14-15,17,20H,8-13,16H2,(H,26,30)(H,31,32)/b7-6+. The highest BCUT2D eigenvalue weighted by Gasteiger charge is 2.21. The Morgan fingerprint density at radius 1 is 1.03 bits per heavy atom. The van der Waals surface area contributed by atoms with Crippen molar-refractivity contribution in [3.8, 4) is 0 Å². The molecule has 3 rings (SSSR count). The molecule has 0 saturated carbocycles. The first-order valence-electron chi connectivity index (χ1n) is 10.5. The Labute approximate surface area is 186 Å². The van der Waals surface area contributed by atoms with E-state index in [2.05, 4.69) is 25.1 Å². The first kappa shape index (κ1) is 23.1. The summed E-state index contributed by atoms with van der Waals surface area (Å²) >= 11 is 0. The van der Waals surface area contributed by atoms with Gasteiger partial charge in [-0.3, -0.25) is 19.3 Å². The van der Waals surface area contributed by atoms with E-state index in [1.54, 1.807) is 0 Å². The van der Waals surface area contributed by atoms with Gasteiger partial charge in [0.2, 0.25) is 11.9 Å². The van der Waals surface area contributed by atoms with E-state index >= 15 is 0 Å². The number of piperazine rings is 1. The zero-order valence-corrected chi connectivity index (χ0v) is 17.8. The average molecular weight is 438 g/mol. The van der Waals surface area contributed by atoms with E-state index in [9.17, 15) is 14.4 Å². The van der Waals surface area contributed by atoms with Gasteiger partial charge in [0.1, 0.15) is 0 Å². The molecule has 9 nitrogen and oxygen atoms in total. The van der Waals surface area contributed by atoms with Gasteiger partial charge in [0.05, 0.1) is 18.0 Å². The van der Waals surface area contributed by atoms with Crippen molar-refractivity contribution in [2.45, 2.75) is 18.9 Å². The molecule has 0 aliphatic carbocycles. The third-order valence-electron chi connectivity index (χ3n) is 5.14. The van der Waals surface area contributed by atoms with Crippen molar-refractivity contribution in [3.05, 3.63) is 59.9 Å². The molecular weight excluding hydrogens is 410 g/mol. The lowest BCUT2D eigenvalue weighted by Gasteiger charge is -2.36. The van der Waals surface area contributed by atoms with Gasteiger partial charge in [-0.25, -0.2) is 9.97 Å². The van der Waals surface area contributed by atoms with E-state index in [0.29, 0.717) is 18.1 Å². The first-order chi connectivity index (χ1) is 15.5. The van der Waals surface area contributed by atoms with Crippen molar-refractivity contribution in [3.63, 3.8) is 0 Å². The third-order valence-corrected chi connectivity index (χ3v) is 5.14. The Balaban J connectivity index is 1.58. The Bertz CT molecular complexity index is 925. The Kier molecular flexibility index (Phi) is 8.44. The van der Waals surface area contributed by atoms with Gasteiger partial charge in [0.25, 0.3) is 0 Å². The van der Waals surface area contributed by atoms with Crippen LogP contribution in [0.25, 0.3) is 6.08 Å². The fourth-order valence-corrected chi connectivity index (χ4v) is 3.41. The lowest BCUT2D eigenvalue weighted by atomic mass is 10.1. The fraction of sp³-hybridized carbons (Fsp3) is 0.348. The molecule has 0 spiro atoms. The van der Waals surface area contributed by atoms with Crippen LogP contribution in [0.2, 0.25) is 0 Å². The van der Waals surface area contributed by atoms with Crippen LogP contribution in [0.15, 0.2) is 48.8 Å². The van der Waals surface area contributed by atoms with E-state index in [0.717, 1.165) is 38.0 Å². The molecule has 0 radical (unpaired) electrons. The second-order valence-electron chi connectivity index (χ2n) is 7.56. The molecule has 1 atom stereocenters. The number of aldehydes is 1. The maximum atomic E-state index is 12.2. The molecule has 1 amide bonds. The molecule has 1 aliphatic heterocycles. The number of carbonyl (C=O) groups excluding carboxylic acids is 2. The predicted octanol–water partition coefficient (Wildman–Crippen LogP) is 1.47. The number of carboxylic acids is 1. The van der Waals surface area contributed by atoms with Crippen LogP contribution in [0.1, 0.15) is 28.8 Å². The molecule has 9 heteroatoms. The molecule has 2 aromatic rings. The molecule has 168 valence electrons. The van der Waals surface area contributed by atoms with E-state index in [1.807, 2.05) is 42.5 Å². The summed E-state index contributed by atoms with van der Waals surface area (Å²) in [5, 5.41) is 11.8. The highest BCUT2D eigenvalue weighted by atomic mass is 16.4. The number of hydrogen-bond acceptors (Lipinski definition) is 7. The van der Waals surface area contributed by atoms with E-state index in [-0.39, 0.29) is 24.8 Å². The highest BCUT2D eigenvalue weighted by molar-refractivity contribution is 5.81. The summed E-state index contributed by atoms with van der Waals surface area (Å²) in [6, 6.07) is 9.55. The van der Waals surface area contributed by atoms with Crippen molar-refractivity contribution in [2.75, 3.05) is 37.6 Å². The Hall–Kier alpha value is -3.59. The lowest BCUT2D eigenvalue weighted by molar-refractivity contribution is -0.138. The molecular formula is C23H27N5O4. The van der Waals surface area contributed by atoms with Crippen molar-refractivity contribution >= 4 is 30.2 Å². The number of rotatable bonds is 10. The van der Waals surface area contributed by atoms with E-state index in [4.69, 9.17) is 5.11 Å². The van der Waals surface area contributed by atoms with Gasteiger partial charge in [-0.05, 0) is 5.56 Å². The van der Waals surface area contributed by atoms with Gasteiger partial charge in [-0.15, -0.1) is 0 Å². The topological polar surface area (TPSA) is 116 Å². The number of benzene rings is 1. The number of anilines is 1. The van der Waals surface area contributed by atoms with Crippen molar-refractivity contribution in [1.82, 2.24) is 20.2 Å². The first-order valence-corrected chi connectivity index (χ1v) is 10.5. The largest absolute Gasteiger partial charge is 0.481 e. The molecule has 1 aromatic carbocycles. The summed E-state index contributed by atoms with van der Waals surface area (Å²) in [6.45, 7) is 3.59. The van der Waals surface area contributed by atoms with Crippen molar-refractivity contribution < 1.29 is 19.5 Å². The molecule has 0 bridgehead atoms. The van der Waals surface area contributed by atoms with Crippen LogP contribution in [-0.4, -0.2) is 76.9 Å². The lowest BCUT2D eigenvalue weighted by Crippen LogP contribution is -2.51. The van der Waals surface area contributed by atoms with Crippen molar-refractivity contribution in [1.29, 1.82) is 0 Å². The summed E-state index contributed by atoms with van der Waals surface area (Å²) in [4.78, 5) is 46.6. The quantitative estimate of drug-likeness (QED) is 0.537. The summed E-state index contributed by atoms with van der Waals surface area (Å²) in [5.41, 5.74) is 1.47. The average Bonchev–Trinajstić information content (AvgIpc) is 2.82. The second kappa shape index (κ2) is 11.7. The molecule has 1 fully saturated rings. The number of carboxylic acid groups (broad SMARTS) is 1. The van der Waals surface area contributed by atoms with Gasteiger partial charge in [-0.2, -0.15) is 0 Å². The maximum absolute atomic E-state index is 12.2. The van der Waals surface area contributed by atoms with Crippen LogP contribution in [0.5, 0.6) is 0 Å². The molecule has 1 aromatic heterocycles. The third kappa shape index (κ3) is 7.28. The molecule has 1 aliphatic rings. The monoisotopic (exact) mass is 437 g/mol. The molecule has 32 heavy (non-hydrogen) atoms. The second-order valence-corrected chi connectivity index (χ2v) is 7.56. The summed E-state index contributed by atoms with van der Waals surface area (Å²) in [7, 11) is 0. The minimum absolute atomic E-state index is 0.0487. The fourth-order valence-electron chi connectivity index (χ4n) is 3.41. The van der Waals surface area contributed by atoms with Crippen LogP contribution in [0, 0.1) is 0 Å². The highest BCUT2D eigenvalue weighted by Crippen LogP contribution is 2.12. The predicted molar refractivity (Wildman–Crippen MR) is 120 cm³/mol. The molecule has 2 N–H and O–H groups in total. The van der Waals surface area contributed by atoms with Crippen molar-refractivity contribution in [2.24, 2.45) is 0 Å². The van der Waals surface area contributed by atoms with Gasteiger partial charge in [-0.1, -0.05) is 42.5 Å². The number of amides is 1. The minimum atomic E-state index is -0.990. The zero-order valence-electron chi connectivity index (χ0n) is 17.8. The van der Waals surface area contributed by atoms with Gasteiger partial charge in [0, 0.05) is 51.5 Å². The van der Waals surface area contributed by atoms with Gasteiger partial charge >= 0.3 is 5.97 Å². The van der Waals surface area contributed by atoms with Gasteiger partial charge in [0.15, 0.2) is 6.29 Å². The molecule has 2 heterocycles. The van der Waals surface area contributed by atoms with E-state index in [1.165, 1.54) is 12.4 Å². The zero-order chi connectivity index (χ0) is 22.8. The number of aromatic nitrogens is 2. The number of aliphatic carboxylic acids is 1. The van der Waals surface area contributed by atoms with Crippen LogP contribution < -0.4 is 10.2 Å². The van der Waals surface area contributed by atoms with Crippen LogP contribution in [-0.2, 0) is 9.59 Å². The van der Waals surface area contributed by atoms with Crippen LogP contribution in [0.4, 0.5) is 5.95 Å². The molecule has 1 saturated heterocycles. The molecule has 1 unspecified atom stereocenters. The van der Waals surface area contributed by atoms with Gasteiger partial charge < -0.3 is 15.3 Å². The number of nitrogens with zero attached hydrogens (tertiary/aromatic N) is 4. The maximum Gasteiger partial charge on any atom is 0.303 e. The summed E-state index contributed by atoms with van der Waals surface area (Å²) in [6.07, 6.45) is 7.41. The summed E-state index contributed by atoms with van der Waals surface area (Å²) in [5.74, 6) is -0.675. The Morgan fingerprint density at radius 2 is 1.72 bits per heavy atom. The summed E-state index contributed by atoms with van der Waals surface area (Å²) < 4.78 is 0. The number of nitrogens with one attached hydrogen (secondary N) is 1. The number of hydrogen-bond donors (Lipinski definition) is 2. The normalized spacial score (nSPS) is 15.4. The SMILES string of the molecule is O=Cc1cnc(N2CCN(CC(/C=C/c3ccccc3)NC(=O)CCC(=O)O)CC2)nc1. The minimum Gasteiger partial charge on any atom is -0.481 e. The smallest absolute Gasteiger partial charge is 0.303 e. The Morgan fingerprint density at radius 3 is 2.34 bits per heavy atom. The van der Waals surface area contributed by atoms with Crippen LogP contribution in [0.3, 0.4) is 0 Å². The van der Waals surface area contributed by atoms with E-state index < -0.39 is 5.97 Å². The van der Waals surface area contributed by atoms with Crippen LogP contribution >= 0.6 is 0 Å². The number of carbonyl (C=O) groups is 3.